The summed E-state index contributed by atoms with van der Waals surface area (Å²) in [7, 11) is -3.40. The predicted molar refractivity (Wildman–Crippen MR) is 81.4 cm³/mol. The van der Waals surface area contributed by atoms with Gasteiger partial charge in [-0.15, -0.1) is 11.6 Å². The molecule has 6 heteroatoms. The first-order valence-corrected chi connectivity index (χ1v) is 9.35. The fourth-order valence-corrected chi connectivity index (χ4v) is 5.35. The van der Waals surface area contributed by atoms with Crippen molar-refractivity contribution in [3.8, 4) is 0 Å². The summed E-state index contributed by atoms with van der Waals surface area (Å²) < 4.78 is 26.9. The van der Waals surface area contributed by atoms with Crippen LogP contribution in [0.5, 0.6) is 0 Å². The van der Waals surface area contributed by atoms with Crippen LogP contribution in [0, 0.1) is 6.92 Å². The number of benzene rings is 1. The summed E-state index contributed by atoms with van der Waals surface area (Å²) in [5, 5.41) is 0. The molecule has 1 saturated heterocycles. The molecular weight excluding hydrogens is 302 g/mol. The van der Waals surface area contributed by atoms with Crippen molar-refractivity contribution in [3.05, 3.63) is 29.3 Å². The van der Waals surface area contributed by atoms with E-state index in [2.05, 4.69) is 0 Å². The Balaban J connectivity index is 2.38. The number of halogens is 1. The van der Waals surface area contributed by atoms with Crippen molar-refractivity contribution in [3.63, 3.8) is 0 Å². The highest BCUT2D eigenvalue weighted by atomic mass is 35.5. The molecule has 1 heterocycles. The summed E-state index contributed by atoms with van der Waals surface area (Å²) in [5.74, 6) is 2.05. The van der Waals surface area contributed by atoms with Crippen molar-refractivity contribution in [2.75, 3.05) is 18.1 Å². The zero-order chi connectivity index (χ0) is 14.0. The molecule has 1 fully saturated rings. The number of hydrogen-bond acceptors (Lipinski definition) is 3. The highest BCUT2D eigenvalue weighted by Crippen LogP contribution is 2.26. The summed E-state index contributed by atoms with van der Waals surface area (Å²) in [6.07, 6.45) is 0. The third-order valence-corrected chi connectivity index (χ3v) is 6.86. The molecule has 19 heavy (non-hydrogen) atoms. The monoisotopic (exact) mass is 319 g/mol. The van der Waals surface area contributed by atoms with Gasteiger partial charge in [0.15, 0.2) is 0 Å². The fraction of sp³-hybridized carbons (Fsp3) is 0.538. The van der Waals surface area contributed by atoms with E-state index in [0.29, 0.717) is 17.3 Å². The molecule has 0 amide bonds. The van der Waals surface area contributed by atoms with Gasteiger partial charge in [-0.3, -0.25) is 0 Å². The molecule has 0 bridgehead atoms. The van der Waals surface area contributed by atoms with Gasteiger partial charge in [-0.1, -0.05) is 6.07 Å². The molecule has 2 rings (SSSR count). The van der Waals surface area contributed by atoms with Crippen molar-refractivity contribution in [1.29, 1.82) is 0 Å². The maximum absolute atomic E-state index is 12.7. The topological polar surface area (TPSA) is 37.4 Å². The van der Waals surface area contributed by atoms with Gasteiger partial charge >= 0.3 is 0 Å². The smallest absolute Gasteiger partial charge is 0.207 e. The van der Waals surface area contributed by atoms with Gasteiger partial charge in [0.05, 0.1) is 4.90 Å². The lowest BCUT2D eigenvalue weighted by Crippen LogP contribution is -2.44. The summed E-state index contributed by atoms with van der Waals surface area (Å²) in [5.41, 5.74) is 1.90. The maximum Gasteiger partial charge on any atom is 0.243 e. The fourth-order valence-electron chi connectivity index (χ4n) is 2.16. The Morgan fingerprint density at radius 3 is 2.84 bits per heavy atom. The molecule has 1 aromatic carbocycles. The molecule has 0 aliphatic carbocycles. The molecule has 0 N–H and O–H groups in total. The van der Waals surface area contributed by atoms with Gasteiger partial charge in [-0.25, -0.2) is 8.42 Å². The number of thioether (sulfide) groups is 1. The first-order chi connectivity index (χ1) is 8.96. The van der Waals surface area contributed by atoms with E-state index >= 15 is 0 Å². The Bertz CT molecular complexity index is 560. The van der Waals surface area contributed by atoms with Gasteiger partial charge in [0.1, 0.15) is 0 Å². The Morgan fingerprint density at radius 1 is 1.47 bits per heavy atom. The Hall–Kier alpha value is -0.230. The standard InChI is InChI=1S/C13H18ClNO2S2/c1-10-3-4-13(7-12(10)8-14)19(16,17)15-5-6-18-9-11(15)2/h3-4,7,11H,5-6,8-9H2,1-2H3. The number of rotatable bonds is 3. The van der Waals surface area contributed by atoms with Crippen molar-refractivity contribution in [1.82, 2.24) is 4.31 Å². The second kappa shape index (κ2) is 6.04. The van der Waals surface area contributed by atoms with Crippen molar-refractivity contribution in [2.45, 2.75) is 30.7 Å². The van der Waals surface area contributed by atoms with Crippen LogP contribution in [0.2, 0.25) is 0 Å². The average molecular weight is 320 g/mol. The normalized spacial score (nSPS) is 21.5. The number of sulfonamides is 1. The van der Waals surface area contributed by atoms with Crippen LogP contribution >= 0.6 is 23.4 Å². The molecule has 1 atom stereocenters. The van der Waals surface area contributed by atoms with Gasteiger partial charge < -0.3 is 0 Å². The molecule has 1 unspecified atom stereocenters. The van der Waals surface area contributed by atoms with Crippen LogP contribution in [0.1, 0.15) is 18.1 Å². The minimum atomic E-state index is -3.40. The molecule has 0 spiro atoms. The Morgan fingerprint density at radius 2 is 2.21 bits per heavy atom. The lowest BCUT2D eigenvalue weighted by molar-refractivity contribution is 0.367. The van der Waals surface area contributed by atoms with E-state index < -0.39 is 10.0 Å². The second-order valence-electron chi connectivity index (χ2n) is 4.76. The lowest BCUT2D eigenvalue weighted by Gasteiger charge is -2.32. The largest absolute Gasteiger partial charge is 0.243 e. The maximum atomic E-state index is 12.7. The third-order valence-electron chi connectivity index (χ3n) is 3.38. The van der Waals surface area contributed by atoms with Gasteiger partial charge in [0.2, 0.25) is 10.0 Å². The number of hydrogen-bond donors (Lipinski definition) is 0. The highest BCUT2D eigenvalue weighted by molar-refractivity contribution is 7.99. The van der Waals surface area contributed by atoms with E-state index in [1.165, 1.54) is 0 Å². The van der Waals surface area contributed by atoms with Gasteiger partial charge in [0.25, 0.3) is 0 Å². The zero-order valence-corrected chi connectivity index (χ0v) is 13.5. The van der Waals surface area contributed by atoms with E-state index in [1.807, 2.05) is 19.9 Å². The van der Waals surface area contributed by atoms with E-state index in [4.69, 9.17) is 11.6 Å². The zero-order valence-electron chi connectivity index (χ0n) is 11.1. The van der Waals surface area contributed by atoms with Crippen LogP contribution in [0.3, 0.4) is 0 Å². The first kappa shape index (κ1) is 15.2. The van der Waals surface area contributed by atoms with E-state index in [0.717, 1.165) is 22.6 Å². The molecule has 1 aliphatic rings. The van der Waals surface area contributed by atoms with Gasteiger partial charge in [0, 0.05) is 30.0 Å². The van der Waals surface area contributed by atoms with E-state index in [-0.39, 0.29) is 6.04 Å². The van der Waals surface area contributed by atoms with Gasteiger partial charge in [-0.05, 0) is 37.1 Å². The van der Waals surface area contributed by atoms with Crippen LogP contribution in [0.25, 0.3) is 0 Å². The summed E-state index contributed by atoms with van der Waals surface area (Å²) >= 11 is 7.66. The Kier molecular flexibility index (Phi) is 4.82. The van der Waals surface area contributed by atoms with Gasteiger partial charge in [-0.2, -0.15) is 16.1 Å². The first-order valence-electron chi connectivity index (χ1n) is 6.22. The third kappa shape index (κ3) is 3.10. The molecule has 0 radical (unpaired) electrons. The van der Waals surface area contributed by atoms with Crippen molar-refractivity contribution < 1.29 is 8.42 Å². The lowest BCUT2D eigenvalue weighted by atomic mass is 10.1. The quantitative estimate of drug-likeness (QED) is 0.804. The van der Waals surface area contributed by atoms with Crippen LogP contribution in [-0.4, -0.2) is 36.8 Å². The number of aryl methyl sites for hydroxylation is 1. The molecule has 0 saturated carbocycles. The number of alkyl halides is 1. The summed E-state index contributed by atoms with van der Waals surface area (Å²) in [6, 6.07) is 5.25. The molecule has 0 aromatic heterocycles. The SMILES string of the molecule is Cc1ccc(S(=O)(=O)N2CCSCC2C)cc1CCl. The molecule has 1 aliphatic heterocycles. The molecule has 3 nitrogen and oxygen atoms in total. The van der Waals surface area contributed by atoms with E-state index in [1.54, 1.807) is 28.2 Å². The predicted octanol–water partition coefficient (Wildman–Crippen LogP) is 2.86. The Labute approximate surface area is 124 Å². The van der Waals surface area contributed by atoms with Crippen LogP contribution in [0.15, 0.2) is 23.1 Å². The minimum absolute atomic E-state index is 0.0458. The summed E-state index contributed by atoms with van der Waals surface area (Å²) in [6.45, 7) is 4.48. The second-order valence-corrected chi connectivity index (χ2v) is 8.07. The van der Waals surface area contributed by atoms with Crippen LogP contribution < -0.4 is 0 Å². The molecular formula is C13H18ClNO2S2. The molecule has 1 aromatic rings. The highest BCUT2D eigenvalue weighted by Gasteiger charge is 2.31. The van der Waals surface area contributed by atoms with Crippen molar-refractivity contribution in [2.24, 2.45) is 0 Å². The summed E-state index contributed by atoms with van der Waals surface area (Å²) in [4.78, 5) is 0.354. The van der Waals surface area contributed by atoms with E-state index in [9.17, 15) is 8.42 Å². The average Bonchev–Trinajstić information content (AvgIpc) is 2.39. The van der Waals surface area contributed by atoms with Crippen molar-refractivity contribution >= 4 is 33.4 Å². The number of nitrogens with zero attached hydrogens (tertiary/aromatic N) is 1. The minimum Gasteiger partial charge on any atom is -0.207 e. The molecule has 106 valence electrons. The van der Waals surface area contributed by atoms with Crippen LogP contribution in [-0.2, 0) is 15.9 Å². The van der Waals surface area contributed by atoms with Crippen LogP contribution in [0.4, 0.5) is 0 Å².